The van der Waals surface area contributed by atoms with Crippen LogP contribution in [0.1, 0.15) is 45.6 Å². The van der Waals surface area contributed by atoms with Crippen molar-refractivity contribution in [3.05, 3.63) is 24.0 Å². The number of hydrogen-bond acceptors (Lipinski definition) is 3. The van der Waals surface area contributed by atoms with E-state index in [0.29, 0.717) is 12.0 Å². The van der Waals surface area contributed by atoms with E-state index < -0.39 is 0 Å². The van der Waals surface area contributed by atoms with Crippen molar-refractivity contribution in [1.82, 2.24) is 10.3 Å². The minimum Gasteiger partial charge on any atom is -0.398 e. The molecule has 1 aromatic heterocycles. The Bertz CT molecular complexity index is 442. The highest BCUT2D eigenvalue weighted by atomic mass is 14.9. The van der Waals surface area contributed by atoms with Gasteiger partial charge in [-0.25, -0.2) is 0 Å². The fourth-order valence-electron chi connectivity index (χ4n) is 3.84. The minimum atomic E-state index is 0.241. The molecule has 0 bridgehead atoms. The number of nitrogen functional groups attached to an aromatic ring is 1. The molecular weight excluding hydrogens is 246 g/mol. The molecule has 112 valence electrons. The van der Waals surface area contributed by atoms with Crippen LogP contribution in [0.5, 0.6) is 0 Å². The van der Waals surface area contributed by atoms with Gasteiger partial charge in [0, 0.05) is 24.1 Å². The molecule has 20 heavy (non-hydrogen) atoms. The zero-order valence-corrected chi connectivity index (χ0v) is 13.3. The summed E-state index contributed by atoms with van der Waals surface area (Å²) < 4.78 is 0. The molecule has 3 heteroatoms. The van der Waals surface area contributed by atoms with E-state index in [9.17, 15) is 0 Å². The van der Waals surface area contributed by atoms with Crippen LogP contribution in [0.2, 0.25) is 0 Å². The fourth-order valence-corrected chi connectivity index (χ4v) is 3.84. The Balaban J connectivity index is 2.14. The van der Waals surface area contributed by atoms with Crippen molar-refractivity contribution in [3.63, 3.8) is 0 Å². The van der Waals surface area contributed by atoms with Gasteiger partial charge in [-0.05, 0) is 55.2 Å². The molecular formula is C17H29N3. The van der Waals surface area contributed by atoms with E-state index in [-0.39, 0.29) is 5.41 Å². The third-order valence-corrected chi connectivity index (χ3v) is 5.07. The second kappa shape index (κ2) is 6.13. The molecule has 0 aliphatic heterocycles. The number of nitrogens with two attached hydrogens (primary N) is 1. The van der Waals surface area contributed by atoms with Crippen LogP contribution in [0.4, 0.5) is 5.69 Å². The van der Waals surface area contributed by atoms with E-state index in [1.165, 1.54) is 24.8 Å². The summed E-state index contributed by atoms with van der Waals surface area (Å²) in [5.74, 6) is 1.53. The van der Waals surface area contributed by atoms with E-state index in [0.717, 1.165) is 18.0 Å². The predicted octanol–water partition coefficient (Wildman–Crippen LogP) is 3.26. The Morgan fingerprint density at radius 2 is 2.15 bits per heavy atom. The van der Waals surface area contributed by atoms with Crippen molar-refractivity contribution in [2.75, 3.05) is 12.8 Å². The lowest BCUT2D eigenvalue weighted by Gasteiger charge is -2.44. The Hall–Kier alpha value is -1.09. The van der Waals surface area contributed by atoms with Crippen LogP contribution in [0, 0.1) is 17.3 Å². The highest BCUT2D eigenvalue weighted by Crippen LogP contribution is 2.42. The van der Waals surface area contributed by atoms with Crippen LogP contribution >= 0.6 is 0 Å². The zero-order valence-electron chi connectivity index (χ0n) is 13.3. The molecule has 3 nitrogen and oxygen atoms in total. The van der Waals surface area contributed by atoms with Gasteiger partial charge < -0.3 is 11.1 Å². The van der Waals surface area contributed by atoms with E-state index >= 15 is 0 Å². The smallest absolute Gasteiger partial charge is 0.0377 e. The van der Waals surface area contributed by atoms with Crippen molar-refractivity contribution >= 4 is 5.69 Å². The van der Waals surface area contributed by atoms with Gasteiger partial charge in [0.1, 0.15) is 0 Å². The van der Waals surface area contributed by atoms with Gasteiger partial charge in [-0.15, -0.1) is 0 Å². The Morgan fingerprint density at radius 3 is 2.80 bits per heavy atom. The summed E-state index contributed by atoms with van der Waals surface area (Å²) in [5, 5.41) is 3.54. The van der Waals surface area contributed by atoms with Crippen LogP contribution in [0.3, 0.4) is 0 Å². The molecule has 1 aliphatic rings. The summed E-state index contributed by atoms with van der Waals surface area (Å²) in [5.41, 5.74) is 8.39. The summed E-state index contributed by atoms with van der Waals surface area (Å²) in [6, 6.07) is 2.52. The highest BCUT2D eigenvalue weighted by Gasteiger charge is 2.38. The summed E-state index contributed by atoms with van der Waals surface area (Å²) in [6.45, 7) is 7.13. The molecule has 2 rings (SSSR count). The second-order valence-corrected chi connectivity index (χ2v) is 7.16. The fraction of sp³-hybridized carbons (Fsp3) is 0.706. The van der Waals surface area contributed by atoms with E-state index in [2.05, 4.69) is 38.1 Å². The Labute approximate surface area is 123 Å². The molecule has 1 saturated carbocycles. The number of nitrogens with one attached hydrogen (secondary N) is 1. The highest BCUT2D eigenvalue weighted by molar-refractivity contribution is 5.44. The molecule has 0 radical (unpaired) electrons. The van der Waals surface area contributed by atoms with E-state index in [1.54, 1.807) is 6.20 Å². The van der Waals surface area contributed by atoms with Crippen molar-refractivity contribution in [1.29, 1.82) is 0 Å². The summed E-state index contributed by atoms with van der Waals surface area (Å²) in [7, 11) is 2.10. The zero-order chi connectivity index (χ0) is 14.8. The molecule has 1 heterocycles. The van der Waals surface area contributed by atoms with Crippen LogP contribution in [0.15, 0.2) is 18.5 Å². The first-order valence-electron chi connectivity index (χ1n) is 7.79. The maximum Gasteiger partial charge on any atom is 0.0377 e. The average Bonchev–Trinajstić information content (AvgIpc) is 2.40. The van der Waals surface area contributed by atoms with E-state index in [1.807, 2.05) is 12.3 Å². The van der Waals surface area contributed by atoms with Gasteiger partial charge in [0.2, 0.25) is 0 Å². The van der Waals surface area contributed by atoms with Gasteiger partial charge in [-0.1, -0.05) is 27.2 Å². The van der Waals surface area contributed by atoms with Crippen LogP contribution < -0.4 is 11.1 Å². The quantitative estimate of drug-likeness (QED) is 0.887. The number of nitrogens with zero attached hydrogens (tertiary/aromatic N) is 1. The summed E-state index contributed by atoms with van der Waals surface area (Å²) in [6.07, 6.45) is 8.63. The number of hydrogen-bond donors (Lipinski definition) is 2. The van der Waals surface area contributed by atoms with Gasteiger partial charge >= 0.3 is 0 Å². The number of pyridine rings is 1. The standard InChI is InChI=1S/C17H29N3/c1-12-5-6-14(16(9-12)19-4)17(2,3)10-13-11-20-8-7-15(13)18/h7-8,11-12,14,16,19H,5-6,9-10H2,1-4H3,(H2,18,20). The lowest BCUT2D eigenvalue weighted by Crippen LogP contribution is -2.46. The number of rotatable bonds is 4. The number of anilines is 1. The Morgan fingerprint density at radius 1 is 1.40 bits per heavy atom. The van der Waals surface area contributed by atoms with Crippen LogP contribution in [-0.4, -0.2) is 18.1 Å². The largest absolute Gasteiger partial charge is 0.398 e. The minimum absolute atomic E-state index is 0.241. The molecule has 0 amide bonds. The summed E-state index contributed by atoms with van der Waals surface area (Å²) in [4.78, 5) is 4.23. The first-order chi connectivity index (χ1) is 9.44. The average molecular weight is 275 g/mol. The van der Waals surface area contributed by atoms with Crippen LogP contribution in [0.25, 0.3) is 0 Å². The third kappa shape index (κ3) is 3.32. The number of aromatic nitrogens is 1. The van der Waals surface area contributed by atoms with Gasteiger partial charge in [0.15, 0.2) is 0 Å². The first-order valence-corrected chi connectivity index (χ1v) is 7.79. The molecule has 0 aromatic carbocycles. The molecule has 0 spiro atoms. The monoisotopic (exact) mass is 275 g/mol. The van der Waals surface area contributed by atoms with Gasteiger partial charge in [0.05, 0.1) is 0 Å². The Kier molecular flexibility index (Phi) is 4.69. The predicted molar refractivity (Wildman–Crippen MR) is 85.5 cm³/mol. The summed E-state index contributed by atoms with van der Waals surface area (Å²) >= 11 is 0. The first kappa shape index (κ1) is 15.3. The van der Waals surface area contributed by atoms with Crippen molar-refractivity contribution in [2.45, 2.75) is 52.5 Å². The second-order valence-electron chi connectivity index (χ2n) is 7.16. The SMILES string of the molecule is CNC1CC(C)CCC1C(C)(C)Cc1cnccc1N. The van der Waals surface area contributed by atoms with Gasteiger partial charge in [-0.2, -0.15) is 0 Å². The lowest BCUT2D eigenvalue weighted by molar-refractivity contribution is 0.0981. The van der Waals surface area contributed by atoms with Gasteiger partial charge in [0.25, 0.3) is 0 Å². The van der Waals surface area contributed by atoms with Crippen molar-refractivity contribution in [2.24, 2.45) is 17.3 Å². The maximum atomic E-state index is 6.09. The molecule has 1 aliphatic carbocycles. The topological polar surface area (TPSA) is 50.9 Å². The molecule has 0 saturated heterocycles. The maximum absolute atomic E-state index is 6.09. The lowest BCUT2D eigenvalue weighted by atomic mass is 9.64. The van der Waals surface area contributed by atoms with Crippen molar-refractivity contribution in [3.8, 4) is 0 Å². The molecule has 1 aromatic rings. The normalized spacial score (nSPS) is 27.5. The molecule has 3 unspecified atom stereocenters. The van der Waals surface area contributed by atoms with Crippen molar-refractivity contribution < 1.29 is 0 Å². The molecule has 1 fully saturated rings. The van der Waals surface area contributed by atoms with E-state index in [4.69, 9.17) is 5.73 Å². The third-order valence-electron chi connectivity index (χ3n) is 5.07. The molecule has 3 N–H and O–H groups in total. The van der Waals surface area contributed by atoms with Gasteiger partial charge in [-0.3, -0.25) is 4.98 Å². The molecule has 3 atom stereocenters. The van der Waals surface area contributed by atoms with Crippen LogP contribution in [-0.2, 0) is 6.42 Å².